The number of hydrogen-bond donors (Lipinski definition) is 4. The average molecular weight is 664 g/mol. The highest BCUT2D eigenvalue weighted by molar-refractivity contribution is 7.88. The second kappa shape index (κ2) is 17.4. The van der Waals surface area contributed by atoms with Crippen LogP contribution in [0.4, 0.5) is 0 Å². The minimum absolute atomic E-state index is 0.0129. The molecule has 1 fully saturated rings. The van der Waals surface area contributed by atoms with Gasteiger partial charge < -0.3 is 26.0 Å². The van der Waals surface area contributed by atoms with Gasteiger partial charge in [-0.25, -0.2) is 13.1 Å². The summed E-state index contributed by atoms with van der Waals surface area (Å²) in [5.74, 6) is -2.90. The first-order valence-corrected chi connectivity index (χ1v) is 17.1. The van der Waals surface area contributed by atoms with E-state index < -0.39 is 57.8 Å². The number of amides is 3. The van der Waals surface area contributed by atoms with Crippen LogP contribution in [0, 0.1) is 0 Å². The molecular formula is C31H42ClN5O7S. The lowest BCUT2D eigenvalue weighted by atomic mass is 10.0. The molecule has 5 N–H and O–H groups in total. The largest absolute Gasteiger partial charge is 0.372 e. The molecular weight excluding hydrogens is 622 g/mol. The molecule has 0 radical (unpaired) electrons. The maximum Gasteiger partial charge on any atom is 0.289 e. The van der Waals surface area contributed by atoms with Crippen molar-refractivity contribution >= 4 is 45.1 Å². The molecule has 2 aromatic carbocycles. The molecule has 12 nitrogen and oxygen atoms in total. The number of Topliss-reactive ketones (excluding diaryl/α,β-unsaturated/α-hetero) is 1. The number of halogens is 1. The summed E-state index contributed by atoms with van der Waals surface area (Å²) in [6.07, 6.45) is 2.31. The van der Waals surface area contributed by atoms with Gasteiger partial charge in [-0.05, 0) is 61.9 Å². The van der Waals surface area contributed by atoms with E-state index >= 15 is 0 Å². The molecule has 3 rings (SSSR count). The summed E-state index contributed by atoms with van der Waals surface area (Å²) in [5, 5.41) is 5.53. The maximum atomic E-state index is 14.0. The lowest BCUT2D eigenvalue weighted by molar-refractivity contribution is -0.142. The Balaban J connectivity index is 1.86. The van der Waals surface area contributed by atoms with Crippen LogP contribution < -0.4 is 21.1 Å². The number of rotatable bonds is 17. The Bertz CT molecular complexity index is 1410. The molecule has 0 unspecified atom stereocenters. The maximum absolute atomic E-state index is 14.0. The van der Waals surface area contributed by atoms with Crippen LogP contribution >= 0.6 is 11.6 Å². The molecule has 1 saturated heterocycles. The van der Waals surface area contributed by atoms with Gasteiger partial charge in [0.05, 0.1) is 25.0 Å². The highest BCUT2D eigenvalue weighted by Crippen LogP contribution is 2.25. The third-order valence-electron chi connectivity index (χ3n) is 7.50. The first-order chi connectivity index (χ1) is 21.4. The summed E-state index contributed by atoms with van der Waals surface area (Å²) in [4.78, 5) is 54.0. The number of sulfonamides is 1. The van der Waals surface area contributed by atoms with E-state index in [-0.39, 0.29) is 32.4 Å². The Hall–Kier alpha value is -3.36. The molecule has 0 aromatic heterocycles. The average Bonchev–Trinajstić information content (AvgIpc) is 3.45. The summed E-state index contributed by atoms with van der Waals surface area (Å²) in [5.41, 5.74) is 7.34. The summed E-state index contributed by atoms with van der Waals surface area (Å²) in [6, 6.07) is 13.0. The minimum atomic E-state index is -3.80. The number of hydrogen-bond acceptors (Lipinski definition) is 8. The normalized spacial score (nSPS) is 17.8. The van der Waals surface area contributed by atoms with Crippen molar-refractivity contribution in [3.05, 3.63) is 70.7 Å². The van der Waals surface area contributed by atoms with Crippen LogP contribution in [0.2, 0.25) is 5.02 Å². The number of carbonyl (C=O) groups excluding carboxylic acids is 4. The van der Waals surface area contributed by atoms with Crippen molar-refractivity contribution in [2.45, 2.75) is 69.4 Å². The molecule has 0 spiro atoms. The fourth-order valence-electron chi connectivity index (χ4n) is 5.16. The van der Waals surface area contributed by atoms with Gasteiger partial charge in [-0.1, -0.05) is 54.1 Å². The first-order valence-electron chi connectivity index (χ1n) is 14.9. The van der Waals surface area contributed by atoms with Crippen molar-refractivity contribution in [1.82, 2.24) is 20.3 Å². The lowest BCUT2D eigenvalue weighted by Gasteiger charge is -2.29. The number of nitrogens with two attached hydrogens (primary N) is 1. The van der Waals surface area contributed by atoms with E-state index in [0.717, 1.165) is 17.4 Å². The van der Waals surface area contributed by atoms with Crippen LogP contribution in [0.25, 0.3) is 0 Å². The van der Waals surface area contributed by atoms with Crippen molar-refractivity contribution in [2.24, 2.45) is 5.73 Å². The fourth-order valence-corrected chi connectivity index (χ4v) is 6.02. The summed E-state index contributed by atoms with van der Waals surface area (Å²) in [6.45, 7) is 0.581. The number of nitrogens with zero attached hydrogens (tertiary/aromatic N) is 1. The smallest absolute Gasteiger partial charge is 0.289 e. The van der Waals surface area contributed by atoms with Crippen LogP contribution in [-0.2, 0) is 47.0 Å². The Morgan fingerprint density at radius 3 is 2.31 bits per heavy atom. The quantitative estimate of drug-likeness (QED) is 0.145. The van der Waals surface area contributed by atoms with E-state index in [1.165, 1.54) is 11.9 Å². The topological polar surface area (TPSA) is 177 Å². The van der Waals surface area contributed by atoms with Crippen LogP contribution in [0.1, 0.15) is 43.2 Å². The predicted octanol–water partition coefficient (Wildman–Crippen LogP) is 1.31. The second-order valence-corrected chi connectivity index (χ2v) is 13.3. The van der Waals surface area contributed by atoms with Gasteiger partial charge in [0.2, 0.25) is 27.6 Å². The number of likely N-dealkylation sites (tertiary alicyclic amines) is 1. The number of nitrogens with one attached hydrogen (secondary N) is 3. The van der Waals surface area contributed by atoms with E-state index in [0.29, 0.717) is 30.8 Å². The Morgan fingerprint density at radius 2 is 1.69 bits per heavy atom. The van der Waals surface area contributed by atoms with Crippen molar-refractivity contribution < 1.29 is 32.3 Å². The molecule has 0 saturated carbocycles. The van der Waals surface area contributed by atoms with Gasteiger partial charge in [-0.2, -0.15) is 0 Å². The van der Waals surface area contributed by atoms with Gasteiger partial charge in [-0.3, -0.25) is 19.2 Å². The first kappa shape index (κ1) is 36.1. The Kier molecular flexibility index (Phi) is 13.9. The van der Waals surface area contributed by atoms with Crippen LogP contribution in [0.15, 0.2) is 54.6 Å². The van der Waals surface area contributed by atoms with Gasteiger partial charge in [-0.15, -0.1) is 0 Å². The number of carbonyl (C=O) groups is 4. The monoisotopic (exact) mass is 663 g/mol. The van der Waals surface area contributed by atoms with Gasteiger partial charge in [0.25, 0.3) is 5.91 Å². The molecule has 14 heteroatoms. The van der Waals surface area contributed by atoms with E-state index in [9.17, 15) is 27.6 Å². The zero-order chi connectivity index (χ0) is 33.0. The predicted molar refractivity (Wildman–Crippen MR) is 171 cm³/mol. The van der Waals surface area contributed by atoms with Gasteiger partial charge in [0.1, 0.15) is 12.1 Å². The Labute approximate surface area is 269 Å². The number of likely N-dealkylation sites (N-methyl/N-ethyl adjacent to an activating group) is 1. The number of benzene rings is 2. The summed E-state index contributed by atoms with van der Waals surface area (Å²) < 4.78 is 33.1. The molecule has 3 amide bonds. The molecule has 4 atom stereocenters. The van der Waals surface area contributed by atoms with Gasteiger partial charge in [0, 0.05) is 25.0 Å². The van der Waals surface area contributed by atoms with Crippen molar-refractivity contribution in [3.63, 3.8) is 0 Å². The summed E-state index contributed by atoms with van der Waals surface area (Å²) >= 11 is 5.99. The molecule has 1 aliphatic rings. The SMILES string of the molecule is CNC(=O)C(=O)[C@H](CCCCN)NC(=O)[C@@H]1C[C@@H](OCc2ccc(Cl)cc2)CN1C(=O)[C@@H](CCc1ccccc1)NS(C)(=O)=O. The van der Waals surface area contributed by atoms with E-state index in [2.05, 4.69) is 15.4 Å². The van der Waals surface area contributed by atoms with E-state index in [4.69, 9.17) is 22.1 Å². The number of aryl methyl sites for hydroxylation is 1. The molecule has 0 bridgehead atoms. The Morgan fingerprint density at radius 1 is 1.00 bits per heavy atom. The highest BCUT2D eigenvalue weighted by atomic mass is 35.5. The van der Waals surface area contributed by atoms with E-state index in [1.807, 2.05) is 30.3 Å². The number of ketones is 1. The highest BCUT2D eigenvalue weighted by Gasteiger charge is 2.43. The standard InChI is InChI=1S/C31H42ClN5O7S/c1-34-30(40)28(38)25(10-6-7-17-33)35-29(39)27-18-24(44-20-22-11-14-23(32)15-12-22)19-37(27)31(41)26(36-45(2,42)43)16-13-21-8-4-3-5-9-21/h3-5,8-9,11-12,14-15,24-27,36H,6-7,10,13,16-20,33H2,1-2H3,(H,34,40)(H,35,39)/t24-,25+,26-,27+/m1/s1. The molecule has 1 heterocycles. The molecule has 246 valence electrons. The molecule has 2 aromatic rings. The number of ether oxygens (including phenoxy) is 1. The zero-order valence-electron chi connectivity index (χ0n) is 25.5. The fraction of sp³-hybridized carbons (Fsp3) is 0.484. The van der Waals surface area contributed by atoms with Crippen molar-refractivity contribution in [3.8, 4) is 0 Å². The van der Waals surface area contributed by atoms with Crippen molar-refractivity contribution in [2.75, 3.05) is 26.4 Å². The summed E-state index contributed by atoms with van der Waals surface area (Å²) in [7, 11) is -2.48. The van der Waals surface area contributed by atoms with Crippen LogP contribution in [0.3, 0.4) is 0 Å². The molecule has 45 heavy (non-hydrogen) atoms. The minimum Gasteiger partial charge on any atom is -0.372 e. The van der Waals surface area contributed by atoms with Crippen LogP contribution in [-0.4, -0.2) is 87.4 Å². The second-order valence-electron chi connectivity index (χ2n) is 11.1. The molecule has 1 aliphatic heterocycles. The third kappa shape index (κ3) is 11.5. The van der Waals surface area contributed by atoms with Crippen molar-refractivity contribution in [1.29, 1.82) is 0 Å². The zero-order valence-corrected chi connectivity index (χ0v) is 27.1. The molecule has 0 aliphatic carbocycles. The third-order valence-corrected chi connectivity index (χ3v) is 8.46. The van der Waals surface area contributed by atoms with Gasteiger partial charge in [0.15, 0.2) is 0 Å². The van der Waals surface area contributed by atoms with Crippen LogP contribution in [0.5, 0.6) is 0 Å². The van der Waals surface area contributed by atoms with Gasteiger partial charge >= 0.3 is 0 Å². The lowest BCUT2D eigenvalue weighted by Crippen LogP contribution is -2.56. The number of unbranched alkanes of at least 4 members (excludes halogenated alkanes) is 1. The van der Waals surface area contributed by atoms with E-state index in [1.54, 1.807) is 24.3 Å².